The molecule has 216 valence electrons. The number of aliphatic hydroxyl groups is 3. The highest BCUT2D eigenvalue weighted by Gasteiger charge is 2.82. The summed E-state index contributed by atoms with van der Waals surface area (Å²) in [5.74, 6) is -4.90. The minimum Gasteiger partial charge on any atom is -0.506 e. The van der Waals surface area contributed by atoms with Crippen LogP contribution in [-0.2, 0) is 19.1 Å². The van der Waals surface area contributed by atoms with Crippen LogP contribution in [0, 0.1) is 16.7 Å². The second-order valence-corrected chi connectivity index (χ2v) is 13.2. The fourth-order valence-electron chi connectivity index (χ4n) is 6.90. The summed E-state index contributed by atoms with van der Waals surface area (Å²) in [4.78, 5) is 42.3. The van der Waals surface area contributed by atoms with E-state index in [2.05, 4.69) is 0 Å². The Labute approximate surface area is 236 Å². The van der Waals surface area contributed by atoms with Crippen molar-refractivity contribution in [3.8, 4) is 0 Å². The average Bonchev–Trinajstić information content (AvgIpc) is 3.10. The molecule has 0 radical (unpaired) electrons. The van der Waals surface area contributed by atoms with E-state index >= 15 is 0 Å². The Morgan fingerprint density at radius 2 is 1.52 bits per heavy atom. The van der Waals surface area contributed by atoms with Crippen molar-refractivity contribution in [2.45, 2.75) is 97.6 Å². The molecule has 1 aliphatic carbocycles. The molecule has 3 N–H and O–H groups in total. The summed E-state index contributed by atoms with van der Waals surface area (Å²) in [7, 11) is 0. The molecule has 5 atom stereocenters. The Hall–Kier alpha value is -2.87. The van der Waals surface area contributed by atoms with Gasteiger partial charge in [-0.3, -0.25) is 14.4 Å². The molecule has 2 aliphatic heterocycles. The number of ketones is 3. The van der Waals surface area contributed by atoms with Gasteiger partial charge in [0.1, 0.15) is 16.9 Å². The Kier molecular flexibility index (Phi) is 7.44. The normalized spacial score (nSPS) is 34.4. The Morgan fingerprint density at radius 3 is 2.05 bits per heavy atom. The quantitative estimate of drug-likeness (QED) is 0.171. The van der Waals surface area contributed by atoms with Crippen LogP contribution in [-0.4, -0.2) is 49.7 Å². The third-order valence-electron chi connectivity index (χ3n) is 9.23. The number of rotatable bonds is 8. The molecule has 1 unspecified atom stereocenters. The fraction of sp³-hybridized carbons (Fsp3) is 0.545. The first kappa shape index (κ1) is 30.1. The Morgan fingerprint density at radius 1 is 1.00 bits per heavy atom. The lowest BCUT2D eigenvalue weighted by Gasteiger charge is -2.58. The van der Waals surface area contributed by atoms with E-state index in [-0.39, 0.29) is 37.7 Å². The standard InChI is InChI=1S/C33H42O7/c1-20(2)13-15-31-18-23(17-24(34)29(5,6)38)30(7)19-32(16-14-21(3)4,33(31,39)40-30)28(37)25(27(31)36)26(35)22-11-9-8-10-12-22/h8-14,23,35,38-39H,15-19H2,1-7H3/b26-25+/t23-,30-,31-,32+,33?/m1/s1. The van der Waals surface area contributed by atoms with Crippen LogP contribution >= 0.6 is 0 Å². The van der Waals surface area contributed by atoms with E-state index in [1.54, 1.807) is 37.3 Å². The minimum absolute atomic E-state index is 0.0539. The van der Waals surface area contributed by atoms with Crippen molar-refractivity contribution in [1.82, 2.24) is 0 Å². The smallest absolute Gasteiger partial charge is 0.193 e. The highest BCUT2D eigenvalue weighted by atomic mass is 16.7. The number of ether oxygens (including phenoxy) is 1. The van der Waals surface area contributed by atoms with Crippen molar-refractivity contribution in [2.24, 2.45) is 16.7 Å². The van der Waals surface area contributed by atoms with Gasteiger partial charge in [-0.1, -0.05) is 53.6 Å². The molecular formula is C33H42O7. The molecule has 4 rings (SSSR count). The molecule has 0 spiro atoms. The number of carbonyl (C=O) groups excluding carboxylic acids is 3. The van der Waals surface area contributed by atoms with E-state index in [0.717, 1.165) is 11.1 Å². The van der Waals surface area contributed by atoms with Gasteiger partial charge in [0.05, 0.1) is 16.4 Å². The maximum Gasteiger partial charge on any atom is 0.193 e. The highest BCUT2D eigenvalue weighted by Crippen LogP contribution is 2.72. The second-order valence-electron chi connectivity index (χ2n) is 13.2. The van der Waals surface area contributed by atoms with Gasteiger partial charge in [0.2, 0.25) is 0 Å². The summed E-state index contributed by atoms with van der Waals surface area (Å²) >= 11 is 0. The predicted molar refractivity (Wildman–Crippen MR) is 152 cm³/mol. The lowest BCUT2D eigenvalue weighted by Crippen LogP contribution is -2.70. The number of benzene rings is 1. The summed E-state index contributed by atoms with van der Waals surface area (Å²) in [6.07, 6.45) is 3.88. The SMILES string of the molecule is CC(C)=CC[C@@]12C[C@@]3(C)OC1(O)[C@](CC=C(C)C)(C[C@H]3CC(=O)C(C)(C)O)C(=O)/C(=C(\O)c1ccccc1)C2=O. The third kappa shape index (κ3) is 4.43. The molecule has 0 amide bonds. The van der Waals surface area contributed by atoms with Gasteiger partial charge in [0, 0.05) is 12.0 Å². The van der Waals surface area contributed by atoms with Gasteiger partial charge in [-0.05, 0) is 80.1 Å². The average molecular weight is 551 g/mol. The van der Waals surface area contributed by atoms with Crippen LogP contribution < -0.4 is 0 Å². The van der Waals surface area contributed by atoms with Crippen LogP contribution in [0.1, 0.15) is 86.1 Å². The van der Waals surface area contributed by atoms with Gasteiger partial charge in [0.25, 0.3) is 0 Å². The summed E-state index contributed by atoms with van der Waals surface area (Å²) in [5.41, 5.74) is -4.12. The maximum atomic E-state index is 14.6. The lowest BCUT2D eigenvalue weighted by atomic mass is 9.51. The van der Waals surface area contributed by atoms with Crippen molar-refractivity contribution < 1.29 is 34.4 Å². The van der Waals surface area contributed by atoms with Crippen molar-refractivity contribution in [1.29, 1.82) is 0 Å². The molecule has 1 saturated carbocycles. The number of carbonyl (C=O) groups is 3. The van der Waals surface area contributed by atoms with Crippen LogP contribution in [0.4, 0.5) is 0 Å². The molecule has 7 nitrogen and oxygen atoms in total. The Bertz CT molecular complexity index is 1320. The molecule has 3 fully saturated rings. The number of aliphatic hydroxyl groups excluding tert-OH is 1. The molecule has 2 bridgehead atoms. The molecule has 0 aromatic heterocycles. The van der Waals surface area contributed by atoms with Crippen LogP contribution in [0.5, 0.6) is 0 Å². The molecule has 7 heteroatoms. The first-order chi connectivity index (χ1) is 18.4. The molecule has 40 heavy (non-hydrogen) atoms. The molecular weight excluding hydrogens is 508 g/mol. The van der Waals surface area contributed by atoms with E-state index in [0.29, 0.717) is 5.56 Å². The van der Waals surface area contributed by atoms with Gasteiger partial charge in [-0.25, -0.2) is 0 Å². The van der Waals surface area contributed by atoms with Crippen LogP contribution in [0.15, 0.2) is 59.2 Å². The van der Waals surface area contributed by atoms with Crippen LogP contribution in [0.2, 0.25) is 0 Å². The van der Waals surface area contributed by atoms with Crippen molar-refractivity contribution >= 4 is 23.1 Å². The van der Waals surface area contributed by atoms with Gasteiger partial charge in [-0.2, -0.15) is 0 Å². The number of fused-ring (bicyclic) bond motifs is 1. The molecule has 2 heterocycles. The largest absolute Gasteiger partial charge is 0.506 e. The topological polar surface area (TPSA) is 121 Å². The van der Waals surface area contributed by atoms with Crippen molar-refractivity contribution in [2.75, 3.05) is 0 Å². The van der Waals surface area contributed by atoms with Gasteiger partial charge < -0.3 is 20.1 Å². The summed E-state index contributed by atoms with van der Waals surface area (Å²) < 4.78 is 6.53. The minimum atomic E-state index is -2.17. The van der Waals surface area contributed by atoms with E-state index < -0.39 is 56.8 Å². The Balaban J connectivity index is 2.05. The number of hydrogen-bond acceptors (Lipinski definition) is 7. The first-order valence-electron chi connectivity index (χ1n) is 14.0. The monoisotopic (exact) mass is 550 g/mol. The van der Waals surface area contributed by atoms with Crippen LogP contribution in [0.3, 0.4) is 0 Å². The summed E-state index contributed by atoms with van der Waals surface area (Å²) in [6.45, 7) is 12.2. The first-order valence-corrected chi connectivity index (χ1v) is 14.0. The molecule has 2 saturated heterocycles. The molecule has 3 aliphatic rings. The predicted octanol–water partition coefficient (Wildman–Crippen LogP) is 5.41. The zero-order valence-corrected chi connectivity index (χ0v) is 24.6. The van der Waals surface area contributed by atoms with E-state index in [4.69, 9.17) is 4.74 Å². The zero-order chi connectivity index (χ0) is 29.9. The van der Waals surface area contributed by atoms with Gasteiger partial charge >= 0.3 is 0 Å². The third-order valence-corrected chi connectivity index (χ3v) is 9.23. The fourth-order valence-corrected chi connectivity index (χ4v) is 6.90. The molecule has 1 aromatic carbocycles. The van der Waals surface area contributed by atoms with Crippen LogP contribution in [0.25, 0.3) is 5.76 Å². The summed E-state index contributed by atoms with van der Waals surface area (Å²) in [5, 5.41) is 34.6. The van der Waals surface area contributed by atoms with E-state index in [1.165, 1.54) is 13.8 Å². The number of allylic oxidation sites excluding steroid dienone is 5. The van der Waals surface area contributed by atoms with E-state index in [9.17, 15) is 29.7 Å². The highest BCUT2D eigenvalue weighted by molar-refractivity contribution is 6.30. The number of hydrogen-bond donors (Lipinski definition) is 3. The lowest BCUT2D eigenvalue weighted by molar-refractivity contribution is -0.338. The summed E-state index contributed by atoms with van der Waals surface area (Å²) in [6, 6.07) is 8.45. The molecule has 1 aromatic rings. The van der Waals surface area contributed by atoms with Crippen molar-refractivity contribution in [3.63, 3.8) is 0 Å². The van der Waals surface area contributed by atoms with Crippen molar-refractivity contribution in [3.05, 3.63) is 64.8 Å². The second kappa shape index (κ2) is 9.89. The van der Waals surface area contributed by atoms with E-state index in [1.807, 2.05) is 39.8 Å². The van der Waals surface area contributed by atoms with Gasteiger partial charge in [-0.15, -0.1) is 0 Å². The van der Waals surface area contributed by atoms with Gasteiger partial charge in [0.15, 0.2) is 23.1 Å². The zero-order valence-electron chi connectivity index (χ0n) is 24.6. The maximum absolute atomic E-state index is 14.6. The number of Topliss-reactive ketones (excluding diaryl/α,β-unsaturated/α-hetero) is 3.